The van der Waals surface area contributed by atoms with Crippen molar-refractivity contribution in [3.05, 3.63) is 546 Å². The molecule has 0 atom stereocenters. The van der Waals surface area contributed by atoms with Gasteiger partial charge in [0.15, 0.2) is 5.82 Å². The van der Waals surface area contributed by atoms with E-state index >= 15 is 0 Å². The zero-order chi connectivity index (χ0) is 95.3. The third-order valence-electron chi connectivity index (χ3n) is 28.4. The lowest BCUT2D eigenvalue weighted by Gasteiger charge is -2.19. The third-order valence-corrected chi connectivity index (χ3v) is 28.4. The summed E-state index contributed by atoms with van der Waals surface area (Å²) in [5.74, 6) is 2.60. The van der Waals surface area contributed by atoms with Crippen molar-refractivity contribution in [2.75, 3.05) is 0 Å². The molecule has 3 aromatic heterocycles. The lowest BCUT2D eigenvalue weighted by atomic mass is 9.84. The Morgan fingerprint density at radius 3 is 0.771 bits per heavy atom. The first-order valence-corrected chi connectivity index (χ1v) is 49.2. The van der Waals surface area contributed by atoms with Crippen molar-refractivity contribution in [2.45, 2.75) is 0 Å². The predicted molar refractivity (Wildman–Crippen MR) is 607 cm³/mol. The van der Waals surface area contributed by atoms with Crippen molar-refractivity contribution in [1.29, 1.82) is 0 Å². The van der Waals surface area contributed by atoms with Crippen molar-refractivity contribution in [2.24, 2.45) is 0 Å². The molecule has 0 bridgehead atoms. The maximum atomic E-state index is 5.18. The summed E-state index contributed by atoms with van der Waals surface area (Å²) >= 11 is 0. The van der Waals surface area contributed by atoms with Gasteiger partial charge in [0.25, 0.3) is 0 Å². The number of nitrogens with zero attached hydrogens (tertiary/aromatic N) is 6. The van der Waals surface area contributed by atoms with Crippen LogP contribution in [-0.4, -0.2) is 29.1 Å². The van der Waals surface area contributed by atoms with Crippen LogP contribution in [-0.2, 0) is 0 Å². The van der Waals surface area contributed by atoms with E-state index in [-0.39, 0.29) is 0 Å². The first kappa shape index (κ1) is 85.3. The van der Waals surface area contributed by atoms with Gasteiger partial charge in [-0.05, 0) is 260 Å². The van der Waals surface area contributed by atoms with Crippen LogP contribution in [0.1, 0.15) is 0 Å². The Morgan fingerprint density at radius 1 is 0.132 bits per heavy atom. The van der Waals surface area contributed by atoms with E-state index in [4.69, 9.17) is 19.9 Å². The highest BCUT2D eigenvalue weighted by atomic mass is 15.1. The average molecular weight is 1830 g/mol. The zero-order valence-corrected chi connectivity index (χ0v) is 78.6. The fourth-order valence-corrected chi connectivity index (χ4v) is 21.8. The fourth-order valence-electron chi connectivity index (χ4n) is 21.8. The monoisotopic (exact) mass is 1830 g/mol. The van der Waals surface area contributed by atoms with Crippen molar-refractivity contribution in [1.82, 2.24) is 29.1 Å². The third kappa shape index (κ3) is 15.6. The SMILES string of the molecule is c1ccc(-c2c3ccccc3c(-c3ccccc3)c3cc(-c4ccc(-c5nc6ccccc6n5-c5ccccc5)cc4)ccc23)cc1.c1ccc(-c2nc(-c3ccc4c(-c5ccccc5)c5ccccc5c(-c5ccccc5)c4c3)nc3ccccc23)cc1.c1ccc(-n2c(-c3ccc(-c4ccc5c(-c6ccc7ccccc7c6)c6ccccc6c(-c6ccc7ccccc7c6)c5c4)cc3)nc3ccccc32)cc1. The average Bonchev–Trinajstić information content (AvgIpc) is 1.09. The van der Waals surface area contributed by atoms with E-state index in [9.17, 15) is 0 Å². The van der Waals surface area contributed by atoms with Crippen LogP contribution in [0.25, 0.3) is 265 Å². The quantitative estimate of drug-likeness (QED) is 0.102. The van der Waals surface area contributed by atoms with E-state index in [1.807, 2.05) is 18.2 Å². The topological polar surface area (TPSA) is 61.4 Å². The minimum absolute atomic E-state index is 0.725. The van der Waals surface area contributed by atoms with Gasteiger partial charge in [0, 0.05) is 39.0 Å². The molecule has 3 heterocycles. The summed E-state index contributed by atoms with van der Waals surface area (Å²) in [4.78, 5) is 20.5. The standard InChI is InChI=1S/C53H34N2.C45H30N2.C40H26N2/c1-2-16-44(17-3-1)55-50-21-11-10-20-49(50)54-53(55)38-26-22-37(23-27-38)41-30-31-47-48(34-41)52(43-29-25-36-13-5-7-15-40(36)33-43)46-19-9-8-18-45(46)51(47)42-28-24-35-12-4-6-14-39(35)32-42;1-4-14-32(15-5-1)43-37-20-10-11-21-38(37)44(33-16-6-2-7-17-33)40-30-35(28-29-39(40)43)31-24-26-34(27-25-31)45-46-41-22-12-13-23-42(41)47(45)36-18-8-3-9-19-36;1-4-14-27(15-5-1)37-31-20-10-11-21-32(31)38(28-16-6-2-7-17-28)35-26-30(24-25-33(35)37)40-41-36-23-13-12-22-34(36)39(42-40)29-18-8-3-9-19-29/h1-34H;1-30H;1-26H. The van der Waals surface area contributed by atoms with Crippen LogP contribution < -0.4 is 0 Å². The van der Waals surface area contributed by atoms with E-state index in [2.05, 4.69) is 537 Å². The molecule has 28 aromatic rings. The van der Waals surface area contributed by atoms with E-state index in [0.29, 0.717) is 0 Å². The summed E-state index contributed by atoms with van der Waals surface area (Å²) < 4.78 is 4.51. The van der Waals surface area contributed by atoms with E-state index in [1.54, 1.807) is 0 Å². The summed E-state index contributed by atoms with van der Waals surface area (Å²) in [6.45, 7) is 0. The number of para-hydroxylation sites is 7. The highest BCUT2D eigenvalue weighted by Gasteiger charge is 2.26. The summed E-state index contributed by atoms with van der Waals surface area (Å²) in [6, 6.07) is 195. The van der Waals surface area contributed by atoms with Gasteiger partial charge in [-0.15, -0.1) is 0 Å². The van der Waals surface area contributed by atoms with Crippen molar-refractivity contribution >= 4 is 119 Å². The summed E-state index contributed by atoms with van der Waals surface area (Å²) in [5.41, 5.74) is 32.0. The Bertz CT molecular complexity index is 9770. The maximum Gasteiger partial charge on any atom is 0.160 e. The van der Waals surface area contributed by atoms with Gasteiger partial charge in [-0.3, -0.25) is 9.13 Å². The Kier molecular flexibility index (Phi) is 21.9. The molecule has 0 N–H and O–H groups in total. The molecule has 0 aliphatic heterocycles. The molecule has 0 spiro atoms. The zero-order valence-electron chi connectivity index (χ0n) is 78.6. The van der Waals surface area contributed by atoms with Crippen molar-refractivity contribution in [3.8, 4) is 146 Å². The molecule has 672 valence electrons. The molecule has 0 aliphatic carbocycles. The number of hydrogen-bond donors (Lipinski definition) is 0. The summed E-state index contributed by atoms with van der Waals surface area (Å²) in [5, 5.41) is 20.9. The molecule has 25 aromatic carbocycles. The van der Waals surface area contributed by atoms with Gasteiger partial charge in [-0.1, -0.05) is 461 Å². The van der Waals surface area contributed by atoms with Crippen LogP contribution in [0.3, 0.4) is 0 Å². The van der Waals surface area contributed by atoms with Gasteiger partial charge in [0.1, 0.15) is 11.6 Å². The molecule has 6 nitrogen and oxygen atoms in total. The predicted octanol–water partition coefficient (Wildman–Crippen LogP) is 36.9. The van der Waals surface area contributed by atoms with Crippen LogP contribution in [0.2, 0.25) is 0 Å². The van der Waals surface area contributed by atoms with Gasteiger partial charge < -0.3 is 0 Å². The molecule has 0 amide bonds. The maximum absolute atomic E-state index is 5.18. The molecule has 6 heteroatoms. The van der Waals surface area contributed by atoms with Gasteiger partial charge >= 0.3 is 0 Å². The Balaban J connectivity index is 0.000000111. The first-order valence-electron chi connectivity index (χ1n) is 49.2. The van der Waals surface area contributed by atoms with Crippen LogP contribution in [0.15, 0.2) is 546 Å². The van der Waals surface area contributed by atoms with E-state index in [0.717, 1.165) is 95.3 Å². The number of benzene rings is 25. The second-order valence-corrected chi connectivity index (χ2v) is 36.9. The highest BCUT2D eigenvalue weighted by Crippen LogP contribution is 2.51. The lowest BCUT2D eigenvalue weighted by molar-refractivity contribution is 1.10. The largest absolute Gasteiger partial charge is 0.292 e. The van der Waals surface area contributed by atoms with Crippen molar-refractivity contribution in [3.63, 3.8) is 0 Å². The minimum atomic E-state index is 0.725. The lowest BCUT2D eigenvalue weighted by Crippen LogP contribution is -1.97. The second kappa shape index (κ2) is 37.0. The highest BCUT2D eigenvalue weighted by molar-refractivity contribution is 6.26. The number of aromatic nitrogens is 6. The molecule has 0 saturated heterocycles. The van der Waals surface area contributed by atoms with Crippen molar-refractivity contribution < 1.29 is 0 Å². The van der Waals surface area contributed by atoms with Gasteiger partial charge in [0.05, 0.1) is 33.3 Å². The molecule has 144 heavy (non-hydrogen) atoms. The first-order chi connectivity index (χ1) is 71.4. The molecule has 0 aliphatic rings. The van der Waals surface area contributed by atoms with E-state index < -0.39 is 0 Å². The Hall–Kier alpha value is -19.1. The smallest absolute Gasteiger partial charge is 0.160 e. The molecule has 0 radical (unpaired) electrons. The minimum Gasteiger partial charge on any atom is -0.292 e. The number of fused-ring (bicyclic) bond motifs is 11. The van der Waals surface area contributed by atoms with Gasteiger partial charge in [0.2, 0.25) is 0 Å². The molecule has 0 saturated carbocycles. The van der Waals surface area contributed by atoms with Gasteiger partial charge in [-0.2, -0.15) is 0 Å². The summed E-state index contributed by atoms with van der Waals surface area (Å²) in [7, 11) is 0. The second-order valence-electron chi connectivity index (χ2n) is 36.9. The molecule has 0 fully saturated rings. The number of rotatable bonds is 14. The van der Waals surface area contributed by atoms with E-state index in [1.165, 1.54) is 170 Å². The van der Waals surface area contributed by atoms with Crippen LogP contribution in [0.5, 0.6) is 0 Å². The van der Waals surface area contributed by atoms with Crippen LogP contribution >= 0.6 is 0 Å². The Labute approximate surface area is 834 Å². The van der Waals surface area contributed by atoms with Crippen LogP contribution in [0, 0.1) is 0 Å². The number of imidazole rings is 2. The number of hydrogen-bond acceptors (Lipinski definition) is 4. The molecule has 0 unspecified atom stereocenters. The Morgan fingerprint density at radius 2 is 0.389 bits per heavy atom. The van der Waals surface area contributed by atoms with Gasteiger partial charge in [-0.25, -0.2) is 19.9 Å². The molecule has 28 rings (SSSR count). The summed E-state index contributed by atoms with van der Waals surface area (Å²) in [6.07, 6.45) is 0. The normalized spacial score (nSPS) is 11.5. The molecular weight excluding hydrogens is 1740 g/mol. The molecular formula is C138H90N6. The van der Waals surface area contributed by atoms with Crippen LogP contribution in [0.4, 0.5) is 0 Å². The fraction of sp³-hybridized carbons (Fsp3) is 0.